The van der Waals surface area contributed by atoms with E-state index >= 15 is 0 Å². The highest BCUT2D eigenvalue weighted by Crippen LogP contribution is 2.38. The Balaban J connectivity index is 1.59. The summed E-state index contributed by atoms with van der Waals surface area (Å²) >= 11 is 0. The molecule has 0 amide bonds. The quantitative estimate of drug-likeness (QED) is 0.182. The third-order valence-corrected chi connectivity index (χ3v) is 7.05. The molecule has 0 aliphatic rings. The van der Waals surface area contributed by atoms with Crippen molar-refractivity contribution in [2.45, 2.75) is 25.7 Å². The fourth-order valence-corrected chi connectivity index (χ4v) is 4.84. The van der Waals surface area contributed by atoms with Crippen molar-refractivity contribution in [1.29, 1.82) is 0 Å². The van der Waals surface area contributed by atoms with E-state index < -0.39 is 0 Å². The molecule has 40 heavy (non-hydrogen) atoms. The van der Waals surface area contributed by atoms with Crippen LogP contribution in [0.4, 0.5) is 0 Å². The largest absolute Gasteiger partial charge is 0.497 e. The van der Waals surface area contributed by atoms with Gasteiger partial charge in [-0.25, -0.2) is 0 Å². The van der Waals surface area contributed by atoms with Gasteiger partial charge in [-0.2, -0.15) is 0 Å². The lowest BCUT2D eigenvalue weighted by Gasteiger charge is -2.16. The fraction of sp³-hybridized carbons (Fsp3) is 0.294. The summed E-state index contributed by atoms with van der Waals surface area (Å²) in [5.41, 5.74) is 6.72. The van der Waals surface area contributed by atoms with Gasteiger partial charge in [0.05, 0.1) is 42.7 Å². The first-order valence-corrected chi connectivity index (χ1v) is 13.3. The Bertz CT molecular complexity index is 1270. The molecule has 0 fully saturated rings. The first kappa shape index (κ1) is 28.7. The van der Waals surface area contributed by atoms with Gasteiger partial charge in [-0.05, 0) is 96.5 Å². The average Bonchev–Trinajstić information content (AvgIpc) is 3.01. The van der Waals surface area contributed by atoms with Gasteiger partial charge in [0.2, 0.25) is 0 Å². The van der Waals surface area contributed by atoms with E-state index in [1.807, 2.05) is 24.3 Å². The first-order valence-electron chi connectivity index (χ1n) is 13.3. The Morgan fingerprint density at radius 1 is 0.350 bits per heavy atom. The van der Waals surface area contributed by atoms with Crippen LogP contribution in [0.2, 0.25) is 0 Å². The molecular weight excluding hydrogens is 504 g/mol. The molecule has 0 spiro atoms. The minimum Gasteiger partial charge on any atom is -0.497 e. The monoisotopic (exact) mass is 542 g/mol. The summed E-state index contributed by atoms with van der Waals surface area (Å²) in [6.07, 6.45) is 3.40. The lowest BCUT2D eigenvalue weighted by Crippen LogP contribution is -1.98. The average molecular weight is 543 g/mol. The topological polar surface area (TPSA) is 55.4 Å². The molecule has 4 aromatic carbocycles. The summed E-state index contributed by atoms with van der Waals surface area (Å²) in [5, 5.41) is 0. The number of aryl methyl sites for hydroxylation is 4. The molecule has 0 aromatic heterocycles. The summed E-state index contributed by atoms with van der Waals surface area (Å²) in [5.74, 6) is 4.77. The van der Waals surface area contributed by atoms with Crippen LogP contribution in [0.3, 0.4) is 0 Å². The number of methoxy groups -OCH3 is 6. The molecule has 210 valence electrons. The SMILES string of the molecule is COc1cc(CCc2ccc(OC)c(-c3cc(CCc4cc(OC)cc(OC)c4)ccc3OC)c2)cc(OC)c1. The molecule has 0 aliphatic carbocycles. The van der Waals surface area contributed by atoms with Crippen LogP contribution >= 0.6 is 0 Å². The van der Waals surface area contributed by atoms with Crippen molar-refractivity contribution in [2.75, 3.05) is 42.7 Å². The van der Waals surface area contributed by atoms with E-state index in [0.29, 0.717) is 0 Å². The molecule has 0 saturated carbocycles. The highest BCUT2D eigenvalue weighted by atomic mass is 16.5. The highest BCUT2D eigenvalue weighted by molar-refractivity contribution is 5.77. The molecule has 0 heterocycles. The van der Waals surface area contributed by atoms with Crippen LogP contribution in [0, 0.1) is 0 Å². The zero-order valence-electron chi connectivity index (χ0n) is 24.2. The van der Waals surface area contributed by atoms with Gasteiger partial charge in [-0.15, -0.1) is 0 Å². The number of ether oxygens (including phenoxy) is 6. The van der Waals surface area contributed by atoms with Crippen molar-refractivity contribution in [3.8, 4) is 45.6 Å². The Hall–Kier alpha value is -4.32. The van der Waals surface area contributed by atoms with E-state index in [0.717, 1.165) is 82.4 Å². The maximum Gasteiger partial charge on any atom is 0.126 e. The summed E-state index contributed by atoms with van der Waals surface area (Å²) < 4.78 is 33.3. The van der Waals surface area contributed by atoms with Gasteiger partial charge in [-0.1, -0.05) is 12.1 Å². The molecule has 0 atom stereocenters. The van der Waals surface area contributed by atoms with Gasteiger partial charge in [0.25, 0.3) is 0 Å². The van der Waals surface area contributed by atoms with E-state index in [9.17, 15) is 0 Å². The second kappa shape index (κ2) is 13.7. The maximum absolute atomic E-state index is 5.78. The molecule has 0 saturated heterocycles. The predicted molar refractivity (Wildman–Crippen MR) is 159 cm³/mol. The molecule has 0 unspecified atom stereocenters. The normalized spacial score (nSPS) is 10.7. The molecule has 0 aliphatic heterocycles. The Labute approximate surface area is 237 Å². The van der Waals surface area contributed by atoms with Gasteiger partial charge in [0.1, 0.15) is 34.5 Å². The fourth-order valence-electron chi connectivity index (χ4n) is 4.84. The molecule has 4 rings (SSSR count). The first-order chi connectivity index (χ1) is 19.5. The van der Waals surface area contributed by atoms with Crippen LogP contribution in [0.15, 0.2) is 72.8 Å². The van der Waals surface area contributed by atoms with Gasteiger partial charge in [-0.3, -0.25) is 0 Å². The third kappa shape index (κ3) is 7.00. The van der Waals surface area contributed by atoms with E-state index in [4.69, 9.17) is 28.4 Å². The van der Waals surface area contributed by atoms with Crippen LogP contribution in [0.25, 0.3) is 11.1 Å². The van der Waals surface area contributed by atoms with Gasteiger partial charge >= 0.3 is 0 Å². The van der Waals surface area contributed by atoms with Gasteiger partial charge in [0.15, 0.2) is 0 Å². The molecule has 6 nitrogen and oxygen atoms in total. The van der Waals surface area contributed by atoms with Crippen LogP contribution < -0.4 is 28.4 Å². The summed E-state index contributed by atoms with van der Waals surface area (Å²) in [6, 6.07) is 24.7. The molecular formula is C34H38O6. The van der Waals surface area contributed by atoms with E-state index in [2.05, 4.69) is 48.5 Å². The second-order valence-corrected chi connectivity index (χ2v) is 9.51. The lowest BCUT2D eigenvalue weighted by molar-refractivity contribution is 0.393. The van der Waals surface area contributed by atoms with Crippen LogP contribution in [-0.4, -0.2) is 42.7 Å². The smallest absolute Gasteiger partial charge is 0.126 e. The Morgan fingerprint density at radius 3 is 0.975 bits per heavy atom. The highest BCUT2D eigenvalue weighted by Gasteiger charge is 2.14. The van der Waals surface area contributed by atoms with Crippen molar-refractivity contribution in [1.82, 2.24) is 0 Å². The summed E-state index contributed by atoms with van der Waals surface area (Å²) in [4.78, 5) is 0. The van der Waals surface area contributed by atoms with Crippen LogP contribution in [0.1, 0.15) is 22.3 Å². The molecule has 0 bridgehead atoms. The Kier molecular flexibility index (Phi) is 9.79. The van der Waals surface area contributed by atoms with Gasteiger partial charge < -0.3 is 28.4 Å². The molecule has 4 aromatic rings. The van der Waals surface area contributed by atoms with E-state index in [-0.39, 0.29) is 0 Å². The maximum atomic E-state index is 5.78. The number of rotatable bonds is 13. The van der Waals surface area contributed by atoms with Crippen molar-refractivity contribution >= 4 is 0 Å². The van der Waals surface area contributed by atoms with E-state index in [1.165, 1.54) is 11.1 Å². The number of hydrogen-bond donors (Lipinski definition) is 0. The third-order valence-electron chi connectivity index (χ3n) is 7.05. The molecule has 0 radical (unpaired) electrons. The summed E-state index contributed by atoms with van der Waals surface area (Å²) in [7, 11) is 10.1. The minimum absolute atomic E-state index is 0.790. The molecule has 0 N–H and O–H groups in total. The van der Waals surface area contributed by atoms with Crippen LogP contribution in [0.5, 0.6) is 34.5 Å². The van der Waals surface area contributed by atoms with Gasteiger partial charge in [0, 0.05) is 23.3 Å². The second-order valence-electron chi connectivity index (χ2n) is 9.51. The summed E-state index contributed by atoms with van der Waals surface area (Å²) in [6.45, 7) is 0. The lowest BCUT2D eigenvalue weighted by atomic mass is 9.95. The van der Waals surface area contributed by atoms with Crippen molar-refractivity contribution in [3.05, 3.63) is 95.1 Å². The number of hydrogen-bond acceptors (Lipinski definition) is 6. The minimum atomic E-state index is 0.790. The Morgan fingerprint density at radius 2 is 0.675 bits per heavy atom. The standard InChI is InChI=1S/C34H38O6/c1-35-27-15-25(16-28(21-27)36-2)9-7-23-11-13-33(39-5)31(19-23)32-20-24(12-14-34(32)40-6)8-10-26-17-29(37-3)22-30(18-26)38-4/h11-22H,7-10H2,1-6H3. The van der Waals surface area contributed by atoms with E-state index in [1.54, 1.807) is 42.7 Å². The van der Waals surface area contributed by atoms with Crippen molar-refractivity contribution < 1.29 is 28.4 Å². The predicted octanol–water partition coefficient (Wildman–Crippen LogP) is 6.98. The van der Waals surface area contributed by atoms with Crippen molar-refractivity contribution in [2.24, 2.45) is 0 Å². The molecule has 6 heteroatoms. The van der Waals surface area contributed by atoms with Crippen molar-refractivity contribution in [3.63, 3.8) is 0 Å². The van der Waals surface area contributed by atoms with Crippen LogP contribution in [-0.2, 0) is 25.7 Å². The zero-order chi connectivity index (χ0) is 28.5. The number of benzene rings is 4. The zero-order valence-corrected chi connectivity index (χ0v) is 24.2.